The van der Waals surface area contributed by atoms with Gasteiger partial charge < -0.3 is 10.2 Å². The van der Waals surface area contributed by atoms with Crippen LogP contribution in [0.4, 0.5) is 0 Å². The van der Waals surface area contributed by atoms with Crippen molar-refractivity contribution in [2.75, 3.05) is 5.75 Å². The van der Waals surface area contributed by atoms with E-state index in [9.17, 15) is 9.59 Å². The van der Waals surface area contributed by atoms with Gasteiger partial charge in [0, 0.05) is 28.4 Å². The van der Waals surface area contributed by atoms with Crippen molar-refractivity contribution in [2.45, 2.75) is 52.1 Å². The van der Waals surface area contributed by atoms with Gasteiger partial charge in [-0.1, -0.05) is 59.1 Å². The highest BCUT2D eigenvalue weighted by Gasteiger charge is 2.26. The van der Waals surface area contributed by atoms with E-state index in [-0.39, 0.29) is 23.6 Å². The number of nitrogens with zero attached hydrogens (tertiary/aromatic N) is 1. The Hall–Kier alpha value is -1.69. The van der Waals surface area contributed by atoms with E-state index in [4.69, 9.17) is 23.2 Å². The number of rotatable bonds is 9. The number of carbonyl (C=O) groups excluding carboxylic acids is 2. The van der Waals surface area contributed by atoms with Gasteiger partial charge in [-0.05, 0) is 51.0 Å². The molecule has 0 radical (unpaired) electrons. The second-order valence-electron chi connectivity index (χ2n) is 7.54. The fourth-order valence-corrected chi connectivity index (χ4v) is 4.52. The molecule has 1 atom stereocenters. The zero-order valence-electron chi connectivity index (χ0n) is 17.7. The van der Waals surface area contributed by atoms with Crippen LogP contribution in [0.25, 0.3) is 0 Å². The second-order valence-corrected chi connectivity index (χ2v) is 9.34. The number of halogens is 2. The van der Waals surface area contributed by atoms with Crippen LogP contribution in [-0.2, 0) is 21.9 Å². The molecular weight excluding hydrogens is 439 g/mol. The van der Waals surface area contributed by atoms with Crippen LogP contribution in [0.3, 0.4) is 0 Å². The van der Waals surface area contributed by atoms with Crippen molar-refractivity contribution in [1.82, 2.24) is 10.2 Å². The van der Waals surface area contributed by atoms with Gasteiger partial charge in [-0.15, -0.1) is 11.8 Å². The zero-order chi connectivity index (χ0) is 22.3. The number of amides is 2. The smallest absolute Gasteiger partial charge is 0.242 e. The molecule has 162 valence electrons. The molecule has 0 saturated heterocycles. The summed E-state index contributed by atoms with van der Waals surface area (Å²) in [5.41, 5.74) is 2.95. The second kappa shape index (κ2) is 11.6. The van der Waals surface area contributed by atoms with E-state index < -0.39 is 6.04 Å². The first kappa shape index (κ1) is 24.6. The van der Waals surface area contributed by atoms with Gasteiger partial charge in [-0.2, -0.15) is 0 Å². The molecular formula is C23H28Cl2N2O2S. The number of thioether (sulfide) groups is 1. The summed E-state index contributed by atoms with van der Waals surface area (Å²) in [5.74, 6) is 0.488. The van der Waals surface area contributed by atoms with E-state index in [0.29, 0.717) is 22.3 Å². The molecule has 7 heteroatoms. The zero-order valence-corrected chi connectivity index (χ0v) is 20.1. The van der Waals surface area contributed by atoms with Crippen LogP contribution in [0, 0.1) is 6.92 Å². The van der Waals surface area contributed by atoms with E-state index in [0.717, 1.165) is 16.7 Å². The summed E-state index contributed by atoms with van der Waals surface area (Å²) in [6.07, 6.45) is 0. The maximum atomic E-state index is 13.1. The number of nitrogens with one attached hydrogen (secondary N) is 1. The highest BCUT2D eigenvalue weighted by atomic mass is 35.5. The Morgan fingerprint density at radius 2 is 1.63 bits per heavy atom. The summed E-state index contributed by atoms with van der Waals surface area (Å²) in [6, 6.07) is 12.8. The number of benzene rings is 2. The Labute approximate surface area is 193 Å². The minimum Gasteiger partial charge on any atom is -0.352 e. The van der Waals surface area contributed by atoms with E-state index in [2.05, 4.69) is 5.32 Å². The Morgan fingerprint density at radius 1 is 1.03 bits per heavy atom. The van der Waals surface area contributed by atoms with Gasteiger partial charge in [0.25, 0.3) is 0 Å². The van der Waals surface area contributed by atoms with E-state index in [1.807, 2.05) is 45.0 Å². The first-order valence-electron chi connectivity index (χ1n) is 9.85. The molecule has 0 aliphatic carbocycles. The maximum Gasteiger partial charge on any atom is 0.242 e. The summed E-state index contributed by atoms with van der Waals surface area (Å²) in [5, 5.41) is 4.07. The topological polar surface area (TPSA) is 49.4 Å². The van der Waals surface area contributed by atoms with Crippen LogP contribution in [0.2, 0.25) is 10.0 Å². The standard InChI is InChI=1S/C23H28Cl2N2O2S/c1-15(2)26-23(29)17(4)27(12-18-10-8-16(3)9-11-18)22(28)14-30-13-19-20(24)6-5-7-21(19)25/h5-11,15,17H,12-14H2,1-4H3,(H,26,29)/t17-/m0/s1. The molecule has 2 rings (SSSR count). The van der Waals surface area contributed by atoms with Gasteiger partial charge >= 0.3 is 0 Å². The Balaban J connectivity index is 2.10. The Morgan fingerprint density at radius 3 is 2.20 bits per heavy atom. The lowest BCUT2D eigenvalue weighted by atomic mass is 10.1. The lowest BCUT2D eigenvalue weighted by molar-refractivity contribution is -0.138. The van der Waals surface area contributed by atoms with Crippen molar-refractivity contribution in [1.29, 1.82) is 0 Å². The molecule has 30 heavy (non-hydrogen) atoms. The van der Waals surface area contributed by atoms with Gasteiger partial charge in [-0.3, -0.25) is 9.59 Å². The van der Waals surface area contributed by atoms with Gasteiger partial charge in [0.05, 0.1) is 5.75 Å². The lowest BCUT2D eigenvalue weighted by Crippen LogP contribution is -2.49. The van der Waals surface area contributed by atoms with Gasteiger partial charge in [0.1, 0.15) is 6.04 Å². The van der Waals surface area contributed by atoms with E-state index in [1.165, 1.54) is 11.8 Å². The third kappa shape index (κ3) is 7.22. The third-order valence-electron chi connectivity index (χ3n) is 4.61. The maximum absolute atomic E-state index is 13.1. The number of aryl methyl sites for hydroxylation is 1. The van der Waals surface area contributed by atoms with Crippen molar-refractivity contribution in [3.63, 3.8) is 0 Å². The molecule has 0 aliphatic rings. The van der Waals surface area contributed by atoms with E-state index in [1.54, 1.807) is 30.0 Å². The first-order chi connectivity index (χ1) is 14.2. The molecule has 0 fully saturated rings. The predicted octanol–water partition coefficient (Wildman–Crippen LogP) is 5.48. The highest BCUT2D eigenvalue weighted by Crippen LogP contribution is 2.28. The number of hydrogen-bond acceptors (Lipinski definition) is 3. The molecule has 0 spiro atoms. The van der Waals surface area contributed by atoms with Gasteiger partial charge in [0.15, 0.2) is 0 Å². The average molecular weight is 467 g/mol. The van der Waals surface area contributed by atoms with Crippen molar-refractivity contribution in [2.24, 2.45) is 0 Å². The Bertz CT molecular complexity index is 852. The number of hydrogen-bond donors (Lipinski definition) is 1. The summed E-state index contributed by atoms with van der Waals surface area (Å²) in [4.78, 5) is 27.3. The summed E-state index contributed by atoms with van der Waals surface area (Å²) in [6.45, 7) is 7.96. The largest absolute Gasteiger partial charge is 0.352 e. The molecule has 4 nitrogen and oxygen atoms in total. The molecule has 0 saturated carbocycles. The van der Waals surface area contributed by atoms with Crippen LogP contribution < -0.4 is 5.32 Å². The van der Waals surface area contributed by atoms with Crippen LogP contribution in [0.1, 0.15) is 37.5 Å². The number of carbonyl (C=O) groups is 2. The van der Waals surface area contributed by atoms with Crippen LogP contribution in [0.15, 0.2) is 42.5 Å². The molecule has 2 aromatic carbocycles. The van der Waals surface area contributed by atoms with Crippen molar-refractivity contribution < 1.29 is 9.59 Å². The van der Waals surface area contributed by atoms with Gasteiger partial charge in [-0.25, -0.2) is 0 Å². The average Bonchev–Trinajstić information content (AvgIpc) is 2.68. The predicted molar refractivity (Wildman–Crippen MR) is 127 cm³/mol. The molecule has 1 N–H and O–H groups in total. The molecule has 0 aromatic heterocycles. The monoisotopic (exact) mass is 466 g/mol. The molecule has 2 amide bonds. The Kier molecular flexibility index (Phi) is 9.53. The SMILES string of the molecule is Cc1ccc(CN(C(=O)CSCc2c(Cl)cccc2Cl)[C@@H](C)C(=O)NC(C)C)cc1. The fraction of sp³-hybridized carbons (Fsp3) is 0.391. The van der Waals surface area contributed by atoms with Crippen LogP contribution in [0.5, 0.6) is 0 Å². The van der Waals surface area contributed by atoms with Crippen molar-refractivity contribution in [3.8, 4) is 0 Å². The molecule has 0 aliphatic heterocycles. The molecule has 0 unspecified atom stereocenters. The highest BCUT2D eigenvalue weighted by molar-refractivity contribution is 7.99. The van der Waals surface area contributed by atoms with Crippen molar-refractivity contribution >= 4 is 46.8 Å². The van der Waals surface area contributed by atoms with Crippen LogP contribution >= 0.6 is 35.0 Å². The minimum absolute atomic E-state index is 0.00742. The lowest BCUT2D eigenvalue weighted by Gasteiger charge is -2.29. The van der Waals surface area contributed by atoms with Gasteiger partial charge in [0.2, 0.25) is 11.8 Å². The summed E-state index contributed by atoms with van der Waals surface area (Å²) >= 11 is 13.9. The summed E-state index contributed by atoms with van der Waals surface area (Å²) < 4.78 is 0. The molecule has 0 bridgehead atoms. The minimum atomic E-state index is -0.578. The quantitative estimate of drug-likeness (QED) is 0.532. The third-order valence-corrected chi connectivity index (χ3v) is 6.26. The molecule has 0 heterocycles. The molecule has 2 aromatic rings. The normalized spacial score (nSPS) is 12.0. The first-order valence-corrected chi connectivity index (χ1v) is 11.8. The fourth-order valence-electron chi connectivity index (χ4n) is 2.87. The van der Waals surface area contributed by atoms with E-state index >= 15 is 0 Å². The van der Waals surface area contributed by atoms with Crippen LogP contribution in [-0.4, -0.2) is 34.6 Å². The summed E-state index contributed by atoms with van der Waals surface area (Å²) in [7, 11) is 0. The van der Waals surface area contributed by atoms with Crippen molar-refractivity contribution in [3.05, 3.63) is 69.2 Å².